The quantitative estimate of drug-likeness (QED) is 0.803. The van der Waals surface area contributed by atoms with Crippen LogP contribution in [0.15, 0.2) is 42.6 Å². The number of para-hydroxylation sites is 1. The minimum atomic E-state index is -0.376. The second kappa shape index (κ2) is 6.87. The molecule has 4 heterocycles. The van der Waals surface area contributed by atoms with Crippen LogP contribution in [0.25, 0.3) is 0 Å². The summed E-state index contributed by atoms with van der Waals surface area (Å²) in [6.45, 7) is 5.20. The SMILES string of the molecule is CC1Cc2ccccc2N1C(=O)c1ccc(N2CCC3(CC2)OCCO3)cn1. The van der Waals surface area contributed by atoms with E-state index in [9.17, 15) is 4.79 Å². The Hall–Kier alpha value is -2.44. The molecule has 0 aliphatic carbocycles. The minimum Gasteiger partial charge on any atom is -0.370 e. The van der Waals surface area contributed by atoms with Crippen molar-refractivity contribution in [3.05, 3.63) is 53.9 Å². The summed E-state index contributed by atoms with van der Waals surface area (Å²) in [4.78, 5) is 21.7. The summed E-state index contributed by atoms with van der Waals surface area (Å²) in [6, 6.07) is 12.1. The van der Waals surface area contributed by atoms with Gasteiger partial charge in [0.05, 0.1) is 25.1 Å². The van der Waals surface area contributed by atoms with Crippen LogP contribution in [-0.4, -0.2) is 49.0 Å². The number of aromatic nitrogens is 1. The van der Waals surface area contributed by atoms with E-state index in [1.165, 1.54) is 5.56 Å². The highest BCUT2D eigenvalue weighted by Gasteiger charge is 2.40. The smallest absolute Gasteiger partial charge is 0.277 e. The molecule has 3 aliphatic heterocycles. The van der Waals surface area contributed by atoms with Gasteiger partial charge in [0.1, 0.15) is 5.69 Å². The van der Waals surface area contributed by atoms with Crippen LogP contribution in [0.2, 0.25) is 0 Å². The van der Waals surface area contributed by atoms with Crippen molar-refractivity contribution in [3.63, 3.8) is 0 Å². The first-order valence-electron chi connectivity index (χ1n) is 10.1. The molecule has 28 heavy (non-hydrogen) atoms. The zero-order chi connectivity index (χ0) is 19.1. The van der Waals surface area contributed by atoms with E-state index in [0.29, 0.717) is 18.9 Å². The fourth-order valence-electron chi connectivity index (χ4n) is 4.59. The number of fused-ring (bicyclic) bond motifs is 1. The van der Waals surface area contributed by atoms with E-state index in [4.69, 9.17) is 9.47 Å². The monoisotopic (exact) mass is 379 g/mol. The molecule has 0 radical (unpaired) electrons. The van der Waals surface area contributed by atoms with Crippen molar-refractivity contribution in [1.29, 1.82) is 0 Å². The molecule has 1 unspecified atom stereocenters. The number of piperidine rings is 1. The fourth-order valence-corrected chi connectivity index (χ4v) is 4.59. The van der Waals surface area contributed by atoms with E-state index in [-0.39, 0.29) is 17.7 Å². The first-order chi connectivity index (χ1) is 13.7. The lowest BCUT2D eigenvalue weighted by atomic mass is 10.0. The standard InChI is InChI=1S/C22H25N3O3/c1-16-14-17-4-2-3-5-20(17)25(16)21(26)19-7-6-18(15-23-19)24-10-8-22(9-11-24)27-12-13-28-22/h2-7,15-16H,8-14H2,1H3. The predicted octanol–water partition coefficient (Wildman–Crippen LogP) is 3.02. The average molecular weight is 379 g/mol. The number of carbonyl (C=O) groups excluding carboxylic acids is 1. The van der Waals surface area contributed by atoms with Gasteiger partial charge < -0.3 is 19.3 Å². The Morgan fingerprint density at radius 1 is 1.11 bits per heavy atom. The van der Waals surface area contributed by atoms with E-state index >= 15 is 0 Å². The van der Waals surface area contributed by atoms with Gasteiger partial charge in [-0.3, -0.25) is 4.79 Å². The van der Waals surface area contributed by atoms with Gasteiger partial charge in [-0.1, -0.05) is 18.2 Å². The second-order valence-corrected chi connectivity index (χ2v) is 7.85. The number of nitrogens with zero attached hydrogens (tertiary/aromatic N) is 3. The summed E-state index contributed by atoms with van der Waals surface area (Å²) in [6.07, 6.45) is 4.42. The molecule has 0 saturated carbocycles. The first-order valence-corrected chi connectivity index (χ1v) is 10.1. The molecule has 2 saturated heterocycles. The Balaban J connectivity index is 1.30. The molecule has 1 aromatic carbocycles. The van der Waals surface area contributed by atoms with Crippen LogP contribution in [0.3, 0.4) is 0 Å². The van der Waals surface area contributed by atoms with Crippen molar-refractivity contribution in [1.82, 2.24) is 4.98 Å². The Morgan fingerprint density at radius 2 is 1.86 bits per heavy atom. The molecule has 6 nitrogen and oxygen atoms in total. The number of rotatable bonds is 2. The van der Waals surface area contributed by atoms with Crippen LogP contribution >= 0.6 is 0 Å². The number of benzene rings is 1. The maximum atomic E-state index is 13.1. The highest BCUT2D eigenvalue weighted by atomic mass is 16.7. The summed E-state index contributed by atoms with van der Waals surface area (Å²) in [5, 5.41) is 0. The normalized spacial score (nSPS) is 23.2. The molecule has 0 bridgehead atoms. The van der Waals surface area contributed by atoms with Crippen molar-refractivity contribution in [3.8, 4) is 0 Å². The van der Waals surface area contributed by atoms with Crippen LogP contribution in [0.1, 0.15) is 35.8 Å². The Kier molecular flexibility index (Phi) is 4.33. The van der Waals surface area contributed by atoms with E-state index in [1.54, 1.807) is 0 Å². The number of pyridine rings is 1. The zero-order valence-electron chi connectivity index (χ0n) is 16.1. The fraction of sp³-hybridized carbons (Fsp3) is 0.455. The van der Waals surface area contributed by atoms with Gasteiger partial charge in [0.15, 0.2) is 5.79 Å². The van der Waals surface area contributed by atoms with E-state index in [2.05, 4.69) is 22.9 Å². The molecular formula is C22H25N3O3. The summed E-state index contributed by atoms with van der Waals surface area (Å²) in [7, 11) is 0. The third-order valence-electron chi connectivity index (χ3n) is 6.10. The highest BCUT2D eigenvalue weighted by molar-refractivity contribution is 6.06. The molecule has 5 rings (SSSR count). The maximum absolute atomic E-state index is 13.1. The van der Waals surface area contributed by atoms with E-state index in [0.717, 1.165) is 43.7 Å². The average Bonchev–Trinajstić information content (AvgIpc) is 3.32. The van der Waals surface area contributed by atoms with Crippen LogP contribution < -0.4 is 9.80 Å². The first kappa shape index (κ1) is 17.6. The zero-order valence-corrected chi connectivity index (χ0v) is 16.1. The van der Waals surface area contributed by atoms with Crippen molar-refractivity contribution in [2.75, 3.05) is 36.1 Å². The Bertz CT molecular complexity index is 867. The molecule has 2 aromatic rings. The number of hydrogen-bond donors (Lipinski definition) is 0. The van der Waals surface area contributed by atoms with Gasteiger partial charge >= 0.3 is 0 Å². The molecular weight excluding hydrogens is 354 g/mol. The molecule has 1 aromatic heterocycles. The molecule has 1 atom stereocenters. The lowest BCUT2D eigenvalue weighted by molar-refractivity contribution is -0.169. The van der Waals surface area contributed by atoms with E-state index < -0.39 is 0 Å². The molecule has 2 fully saturated rings. The Labute approximate surface area is 165 Å². The summed E-state index contributed by atoms with van der Waals surface area (Å²) in [5.74, 6) is -0.409. The van der Waals surface area contributed by atoms with Gasteiger partial charge in [0.2, 0.25) is 0 Å². The maximum Gasteiger partial charge on any atom is 0.277 e. The van der Waals surface area contributed by atoms with Crippen molar-refractivity contribution >= 4 is 17.3 Å². The number of ether oxygens (including phenoxy) is 2. The molecule has 1 amide bonds. The third kappa shape index (κ3) is 2.97. The summed E-state index contributed by atoms with van der Waals surface area (Å²) >= 11 is 0. The van der Waals surface area contributed by atoms with E-state index in [1.807, 2.05) is 41.4 Å². The molecule has 1 spiro atoms. The number of amides is 1. The summed E-state index contributed by atoms with van der Waals surface area (Å²) < 4.78 is 11.6. The minimum absolute atomic E-state index is 0.0330. The van der Waals surface area contributed by atoms with Crippen LogP contribution in [0, 0.1) is 0 Å². The number of carbonyl (C=O) groups is 1. The van der Waals surface area contributed by atoms with Gasteiger partial charge in [-0.25, -0.2) is 4.98 Å². The molecule has 6 heteroatoms. The largest absolute Gasteiger partial charge is 0.370 e. The molecule has 146 valence electrons. The van der Waals surface area contributed by atoms with Crippen molar-refractivity contribution < 1.29 is 14.3 Å². The predicted molar refractivity (Wildman–Crippen MR) is 107 cm³/mol. The second-order valence-electron chi connectivity index (χ2n) is 7.85. The topological polar surface area (TPSA) is 54.9 Å². The van der Waals surface area contributed by atoms with Gasteiger partial charge in [0.25, 0.3) is 5.91 Å². The Morgan fingerprint density at radius 3 is 2.57 bits per heavy atom. The van der Waals surface area contributed by atoms with Crippen LogP contribution in [-0.2, 0) is 15.9 Å². The molecule has 0 N–H and O–H groups in total. The van der Waals surface area contributed by atoms with Crippen LogP contribution in [0.4, 0.5) is 11.4 Å². The van der Waals surface area contributed by atoms with Gasteiger partial charge in [-0.05, 0) is 37.1 Å². The number of hydrogen-bond acceptors (Lipinski definition) is 5. The number of anilines is 2. The molecule has 3 aliphatic rings. The lowest BCUT2D eigenvalue weighted by Gasteiger charge is -2.38. The van der Waals surface area contributed by atoms with Gasteiger partial charge in [0, 0.05) is 37.7 Å². The van der Waals surface area contributed by atoms with Gasteiger partial charge in [-0.15, -0.1) is 0 Å². The van der Waals surface area contributed by atoms with Crippen molar-refractivity contribution in [2.45, 2.75) is 38.0 Å². The van der Waals surface area contributed by atoms with Gasteiger partial charge in [-0.2, -0.15) is 0 Å². The third-order valence-corrected chi connectivity index (χ3v) is 6.10. The lowest BCUT2D eigenvalue weighted by Crippen LogP contribution is -2.45. The van der Waals surface area contributed by atoms with Crippen LogP contribution in [0.5, 0.6) is 0 Å². The highest BCUT2D eigenvalue weighted by Crippen LogP contribution is 2.34. The summed E-state index contributed by atoms with van der Waals surface area (Å²) in [5.41, 5.74) is 3.75. The van der Waals surface area contributed by atoms with Crippen molar-refractivity contribution in [2.24, 2.45) is 0 Å².